The average Bonchev–Trinajstić information content (AvgIpc) is 2.55. The molecule has 1 amide bonds. The van der Waals surface area contributed by atoms with E-state index in [9.17, 15) is 4.79 Å². The smallest absolute Gasteiger partial charge is 0.270 e. The SMILES string of the molecule is COCCNC(=O)c1ccnc(NCCc2cccc(Cl)c2)n1. The standard InChI is InChI=1S/C16H19ClN4O2/c1-23-10-9-18-15(22)14-6-8-20-16(21-14)19-7-5-12-3-2-4-13(17)11-12/h2-4,6,8,11H,5,7,9-10H2,1H3,(H,18,22)(H,19,20,21). The van der Waals surface area contributed by atoms with Gasteiger partial charge in [-0.3, -0.25) is 4.79 Å². The summed E-state index contributed by atoms with van der Waals surface area (Å²) in [7, 11) is 1.58. The summed E-state index contributed by atoms with van der Waals surface area (Å²) in [4.78, 5) is 20.2. The number of benzene rings is 1. The summed E-state index contributed by atoms with van der Waals surface area (Å²) in [5, 5.41) is 6.54. The maximum absolute atomic E-state index is 11.9. The molecule has 0 radical (unpaired) electrons. The van der Waals surface area contributed by atoms with Gasteiger partial charge >= 0.3 is 0 Å². The molecule has 0 aliphatic carbocycles. The van der Waals surface area contributed by atoms with E-state index in [1.807, 2.05) is 24.3 Å². The highest BCUT2D eigenvalue weighted by atomic mass is 35.5. The summed E-state index contributed by atoms with van der Waals surface area (Å²) in [6, 6.07) is 9.26. The van der Waals surface area contributed by atoms with E-state index in [-0.39, 0.29) is 5.91 Å². The lowest BCUT2D eigenvalue weighted by Crippen LogP contribution is -2.28. The molecule has 2 aromatic rings. The van der Waals surface area contributed by atoms with Gasteiger partial charge in [0.15, 0.2) is 0 Å². The van der Waals surface area contributed by atoms with E-state index in [0.717, 1.165) is 12.0 Å². The summed E-state index contributed by atoms with van der Waals surface area (Å²) in [6.45, 7) is 1.55. The Balaban J connectivity index is 1.86. The number of halogens is 1. The van der Waals surface area contributed by atoms with E-state index in [2.05, 4.69) is 20.6 Å². The number of rotatable bonds is 8. The molecule has 0 fully saturated rings. The van der Waals surface area contributed by atoms with Gasteiger partial charge in [0.2, 0.25) is 5.95 Å². The van der Waals surface area contributed by atoms with Gasteiger partial charge in [-0.15, -0.1) is 0 Å². The van der Waals surface area contributed by atoms with E-state index in [1.54, 1.807) is 19.4 Å². The highest BCUT2D eigenvalue weighted by molar-refractivity contribution is 6.30. The molecule has 23 heavy (non-hydrogen) atoms. The van der Waals surface area contributed by atoms with Crippen LogP contribution < -0.4 is 10.6 Å². The van der Waals surface area contributed by atoms with Crippen LogP contribution in [-0.4, -0.2) is 42.7 Å². The summed E-state index contributed by atoms with van der Waals surface area (Å²) in [6.07, 6.45) is 2.34. The maximum atomic E-state index is 11.9. The number of aromatic nitrogens is 2. The van der Waals surface area contributed by atoms with Crippen LogP contribution in [-0.2, 0) is 11.2 Å². The van der Waals surface area contributed by atoms with Crippen LogP contribution in [0, 0.1) is 0 Å². The van der Waals surface area contributed by atoms with Crippen LogP contribution in [0.4, 0.5) is 5.95 Å². The van der Waals surface area contributed by atoms with Crippen molar-refractivity contribution in [3.63, 3.8) is 0 Å². The van der Waals surface area contributed by atoms with Crippen LogP contribution in [0.1, 0.15) is 16.1 Å². The van der Waals surface area contributed by atoms with Gasteiger partial charge < -0.3 is 15.4 Å². The first-order valence-electron chi connectivity index (χ1n) is 7.27. The molecular formula is C16H19ClN4O2. The second-order valence-corrected chi connectivity index (χ2v) is 5.26. The molecule has 0 saturated heterocycles. The van der Waals surface area contributed by atoms with E-state index in [1.165, 1.54) is 0 Å². The summed E-state index contributed by atoms with van der Waals surface area (Å²) >= 11 is 5.95. The maximum Gasteiger partial charge on any atom is 0.270 e. The number of methoxy groups -OCH3 is 1. The molecule has 0 aliphatic rings. The topological polar surface area (TPSA) is 76.1 Å². The predicted molar refractivity (Wildman–Crippen MR) is 89.9 cm³/mol. The summed E-state index contributed by atoms with van der Waals surface area (Å²) in [5.41, 5.74) is 1.44. The molecule has 0 bridgehead atoms. The van der Waals surface area contributed by atoms with Crippen LogP contribution >= 0.6 is 11.6 Å². The van der Waals surface area contributed by atoms with Gasteiger partial charge in [-0.1, -0.05) is 23.7 Å². The molecule has 2 N–H and O–H groups in total. The van der Waals surface area contributed by atoms with Gasteiger partial charge in [-0.05, 0) is 30.2 Å². The first-order chi connectivity index (χ1) is 11.2. The van der Waals surface area contributed by atoms with E-state index < -0.39 is 0 Å². The molecule has 6 nitrogen and oxygen atoms in total. The Hall–Kier alpha value is -2.18. The van der Waals surface area contributed by atoms with Gasteiger partial charge in [0.25, 0.3) is 5.91 Å². The van der Waals surface area contributed by atoms with Gasteiger partial charge in [0, 0.05) is 31.4 Å². The molecule has 1 aromatic carbocycles. The average molecular weight is 335 g/mol. The number of ether oxygens (including phenoxy) is 1. The second-order valence-electron chi connectivity index (χ2n) is 4.82. The third-order valence-corrected chi connectivity index (χ3v) is 3.30. The van der Waals surface area contributed by atoms with Crippen molar-refractivity contribution < 1.29 is 9.53 Å². The minimum Gasteiger partial charge on any atom is -0.383 e. The fourth-order valence-electron chi connectivity index (χ4n) is 1.94. The zero-order valence-electron chi connectivity index (χ0n) is 12.9. The van der Waals surface area contributed by atoms with Crippen LogP contribution in [0.5, 0.6) is 0 Å². The highest BCUT2D eigenvalue weighted by Crippen LogP contribution is 2.11. The predicted octanol–water partition coefficient (Wildman–Crippen LogP) is 2.16. The largest absolute Gasteiger partial charge is 0.383 e. The molecule has 0 saturated carbocycles. The third-order valence-electron chi connectivity index (χ3n) is 3.07. The zero-order chi connectivity index (χ0) is 16.5. The third kappa shape index (κ3) is 5.84. The van der Waals surface area contributed by atoms with Gasteiger partial charge in [0.05, 0.1) is 6.61 Å². The van der Waals surface area contributed by atoms with Gasteiger partial charge in [-0.25, -0.2) is 9.97 Å². The molecular weight excluding hydrogens is 316 g/mol. The fraction of sp³-hybridized carbons (Fsp3) is 0.312. The molecule has 0 aliphatic heterocycles. The number of anilines is 1. The van der Waals surface area contributed by atoms with Gasteiger partial charge in [0.1, 0.15) is 5.69 Å². The van der Waals surface area contributed by atoms with Crippen molar-refractivity contribution in [2.75, 3.05) is 32.1 Å². The Morgan fingerprint density at radius 3 is 2.96 bits per heavy atom. The fourth-order valence-corrected chi connectivity index (χ4v) is 2.15. The number of nitrogens with one attached hydrogen (secondary N) is 2. The lowest BCUT2D eigenvalue weighted by molar-refractivity contribution is 0.0932. The highest BCUT2D eigenvalue weighted by Gasteiger charge is 2.08. The normalized spacial score (nSPS) is 10.3. The van der Waals surface area contributed by atoms with Crippen LogP contribution in [0.15, 0.2) is 36.5 Å². The first kappa shape index (κ1) is 17.2. The first-order valence-corrected chi connectivity index (χ1v) is 7.65. The Bertz CT molecular complexity index is 651. The number of amides is 1. The Morgan fingerprint density at radius 1 is 1.30 bits per heavy atom. The summed E-state index contributed by atoms with van der Waals surface area (Å²) < 4.78 is 4.89. The molecule has 7 heteroatoms. The Labute approximate surface area is 140 Å². The number of hydrogen-bond donors (Lipinski definition) is 2. The van der Waals surface area contributed by atoms with Crippen molar-refractivity contribution in [3.05, 3.63) is 52.8 Å². The molecule has 0 unspecified atom stereocenters. The van der Waals surface area contributed by atoms with E-state index >= 15 is 0 Å². The van der Waals surface area contributed by atoms with Crippen molar-refractivity contribution in [2.24, 2.45) is 0 Å². The van der Waals surface area contributed by atoms with Gasteiger partial charge in [-0.2, -0.15) is 0 Å². The number of nitrogens with zero attached hydrogens (tertiary/aromatic N) is 2. The van der Waals surface area contributed by atoms with Crippen molar-refractivity contribution >= 4 is 23.5 Å². The second kappa shape index (κ2) is 9.07. The van der Waals surface area contributed by atoms with Crippen molar-refractivity contribution in [3.8, 4) is 0 Å². The van der Waals surface area contributed by atoms with Crippen molar-refractivity contribution in [1.29, 1.82) is 0 Å². The molecule has 0 spiro atoms. The minimum absolute atomic E-state index is 0.248. The van der Waals surface area contributed by atoms with E-state index in [4.69, 9.17) is 16.3 Å². The van der Waals surface area contributed by atoms with Crippen molar-refractivity contribution in [1.82, 2.24) is 15.3 Å². The molecule has 1 heterocycles. The van der Waals surface area contributed by atoms with Crippen LogP contribution in [0.3, 0.4) is 0 Å². The quantitative estimate of drug-likeness (QED) is 0.723. The molecule has 2 rings (SSSR count). The number of carbonyl (C=O) groups is 1. The minimum atomic E-state index is -0.248. The molecule has 1 aromatic heterocycles. The van der Waals surface area contributed by atoms with Crippen LogP contribution in [0.2, 0.25) is 5.02 Å². The summed E-state index contributed by atoms with van der Waals surface area (Å²) in [5.74, 6) is 0.175. The lowest BCUT2D eigenvalue weighted by Gasteiger charge is -2.07. The Kier molecular flexibility index (Phi) is 6.77. The number of hydrogen-bond acceptors (Lipinski definition) is 5. The Morgan fingerprint density at radius 2 is 2.17 bits per heavy atom. The van der Waals surface area contributed by atoms with Crippen molar-refractivity contribution in [2.45, 2.75) is 6.42 Å². The van der Waals surface area contributed by atoms with E-state index in [0.29, 0.717) is 36.4 Å². The molecule has 0 atom stereocenters. The molecule has 122 valence electrons. The lowest BCUT2D eigenvalue weighted by atomic mass is 10.1. The monoisotopic (exact) mass is 334 g/mol. The zero-order valence-corrected chi connectivity index (χ0v) is 13.6. The number of carbonyl (C=O) groups excluding carboxylic acids is 1. The van der Waals surface area contributed by atoms with Crippen LogP contribution in [0.25, 0.3) is 0 Å².